The minimum absolute atomic E-state index is 0.0700. The number of carboxylic acids is 1. The topological polar surface area (TPSA) is 82.1 Å². The molecule has 0 fully saturated rings. The lowest BCUT2D eigenvalue weighted by Crippen LogP contribution is -2.37. The Morgan fingerprint density at radius 2 is 1.59 bits per heavy atom. The lowest BCUT2D eigenvalue weighted by Gasteiger charge is -2.31. The molecule has 0 aliphatic carbocycles. The predicted molar refractivity (Wildman–Crippen MR) is 82.5 cm³/mol. The molecule has 6 heteroatoms. The van der Waals surface area contributed by atoms with Gasteiger partial charge in [-0.3, -0.25) is 0 Å². The molecule has 0 aromatic rings. The first-order valence-electron chi connectivity index (χ1n) is 6.94. The van der Waals surface area contributed by atoms with Crippen molar-refractivity contribution in [3.63, 3.8) is 0 Å². The zero-order chi connectivity index (χ0) is 16.8. The van der Waals surface area contributed by atoms with Crippen molar-refractivity contribution in [1.82, 2.24) is 0 Å². The van der Waals surface area contributed by atoms with Crippen molar-refractivity contribution in [2.75, 3.05) is 33.0 Å². The summed E-state index contributed by atoms with van der Waals surface area (Å²) in [4.78, 5) is 21.8. The zero-order valence-corrected chi connectivity index (χ0v) is 13.0. The Balaban J connectivity index is 4.65. The van der Waals surface area contributed by atoms with Gasteiger partial charge in [0.2, 0.25) is 0 Å². The Morgan fingerprint density at radius 3 is 2.00 bits per heavy atom. The molecule has 0 unspecified atom stereocenters. The van der Waals surface area contributed by atoms with Gasteiger partial charge in [0.05, 0.1) is 31.8 Å². The van der Waals surface area contributed by atoms with Gasteiger partial charge in [0.25, 0.3) is 0 Å². The molecule has 0 amide bonds. The summed E-state index contributed by atoms with van der Waals surface area (Å²) in [5, 5.41) is 8.47. The van der Waals surface area contributed by atoms with Crippen molar-refractivity contribution in [1.29, 1.82) is 0 Å². The fraction of sp³-hybridized carbons (Fsp3) is 0.500. The first-order chi connectivity index (χ1) is 10.5. The number of hydrogen-bond donors (Lipinski definition) is 1. The van der Waals surface area contributed by atoms with Gasteiger partial charge in [-0.25, -0.2) is 9.59 Å². The van der Waals surface area contributed by atoms with E-state index in [-0.39, 0.29) is 6.61 Å². The van der Waals surface area contributed by atoms with Crippen LogP contribution in [0, 0.1) is 5.41 Å². The highest BCUT2D eigenvalue weighted by Gasteiger charge is 2.31. The number of hydrogen-bond acceptors (Lipinski definition) is 5. The van der Waals surface area contributed by atoms with Crippen molar-refractivity contribution in [2.24, 2.45) is 5.41 Å². The van der Waals surface area contributed by atoms with E-state index in [1.165, 1.54) is 0 Å². The largest absolute Gasteiger partial charge is 0.478 e. The zero-order valence-electron chi connectivity index (χ0n) is 13.0. The summed E-state index contributed by atoms with van der Waals surface area (Å²) in [7, 11) is 0. The highest BCUT2D eigenvalue weighted by Crippen LogP contribution is 2.24. The third-order valence-corrected chi connectivity index (χ3v) is 2.92. The van der Waals surface area contributed by atoms with E-state index in [1.807, 2.05) is 6.92 Å². The summed E-state index contributed by atoms with van der Waals surface area (Å²) >= 11 is 0. The summed E-state index contributed by atoms with van der Waals surface area (Å²) in [5.41, 5.74) is -0.501. The third-order valence-electron chi connectivity index (χ3n) is 2.92. The number of ether oxygens (including phenoxy) is 3. The van der Waals surface area contributed by atoms with Gasteiger partial charge >= 0.3 is 11.9 Å². The van der Waals surface area contributed by atoms with E-state index in [0.29, 0.717) is 32.8 Å². The molecule has 0 radical (unpaired) electrons. The number of carbonyl (C=O) groups is 2. The molecule has 22 heavy (non-hydrogen) atoms. The molecule has 124 valence electrons. The van der Waals surface area contributed by atoms with Crippen molar-refractivity contribution >= 4 is 11.9 Å². The van der Waals surface area contributed by atoms with Crippen molar-refractivity contribution in [2.45, 2.75) is 13.3 Å². The third kappa shape index (κ3) is 9.10. The molecule has 0 aromatic carbocycles. The van der Waals surface area contributed by atoms with E-state index in [1.54, 1.807) is 12.2 Å². The van der Waals surface area contributed by atoms with Crippen molar-refractivity contribution < 1.29 is 28.9 Å². The molecule has 0 spiro atoms. The van der Waals surface area contributed by atoms with Gasteiger partial charge in [0, 0.05) is 12.2 Å². The van der Waals surface area contributed by atoms with Gasteiger partial charge in [-0.2, -0.15) is 0 Å². The molecule has 0 saturated heterocycles. The van der Waals surface area contributed by atoms with Crippen LogP contribution in [0.5, 0.6) is 0 Å². The fourth-order valence-electron chi connectivity index (χ4n) is 1.56. The first kappa shape index (κ1) is 20.1. The molecule has 1 N–H and O–H groups in total. The average Bonchev–Trinajstić information content (AvgIpc) is 2.50. The summed E-state index contributed by atoms with van der Waals surface area (Å²) < 4.78 is 16.1. The van der Waals surface area contributed by atoms with Crippen LogP contribution in [-0.2, 0) is 23.8 Å². The second-order valence-corrected chi connectivity index (χ2v) is 4.74. The maximum absolute atomic E-state index is 11.5. The molecule has 6 nitrogen and oxygen atoms in total. The smallest absolute Gasteiger partial charge is 0.331 e. The Hall–Kier alpha value is -1.92. The van der Waals surface area contributed by atoms with Crippen LogP contribution in [0.1, 0.15) is 13.3 Å². The van der Waals surface area contributed by atoms with E-state index in [4.69, 9.17) is 19.3 Å². The molecule has 0 aliphatic heterocycles. The normalized spacial score (nSPS) is 11.3. The van der Waals surface area contributed by atoms with Gasteiger partial charge in [0.15, 0.2) is 0 Å². The van der Waals surface area contributed by atoms with Gasteiger partial charge in [-0.15, -0.1) is 13.2 Å². The standard InChI is InChI=1S/C16H24O6/c1-4-9-20-11-16(6-3,12-21-10-5-2)13-22-15(19)8-7-14(17)18/h4-5,7-8H,1-2,6,9-13H2,3H3,(H,17,18). The lowest BCUT2D eigenvalue weighted by molar-refractivity contribution is -0.146. The van der Waals surface area contributed by atoms with Crippen LogP contribution in [0.4, 0.5) is 0 Å². The van der Waals surface area contributed by atoms with Crippen LogP contribution >= 0.6 is 0 Å². The molecule has 0 saturated carbocycles. The van der Waals surface area contributed by atoms with E-state index in [0.717, 1.165) is 12.2 Å². The Bertz CT molecular complexity index is 385. The summed E-state index contributed by atoms with van der Waals surface area (Å²) in [6.07, 6.45) is 5.53. The number of rotatable bonds is 13. The molecule has 0 aromatic heterocycles. The molecule has 0 heterocycles. The van der Waals surface area contributed by atoms with E-state index in [9.17, 15) is 9.59 Å². The SMILES string of the molecule is C=CCOCC(CC)(COCC=C)COC(=O)C=CC(=O)O. The average molecular weight is 312 g/mol. The Kier molecular flexibility index (Phi) is 10.7. The van der Waals surface area contributed by atoms with Crippen LogP contribution in [0.2, 0.25) is 0 Å². The van der Waals surface area contributed by atoms with Gasteiger partial charge < -0.3 is 19.3 Å². The quantitative estimate of drug-likeness (QED) is 0.242. The minimum Gasteiger partial charge on any atom is -0.478 e. The highest BCUT2D eigenvalue weighted by atomic mass is 16.5. The fourth-order valence-corrected chi connectivity index (χ4v) is 1.56. The number of carbonyl (C=O) groups excluding carboxylic acids is 1. The predicted octanol–water partition coefficient (Wildman–Crippen LogP) is 1.97. The van der Waals surface area contributed by atoms with Crippen LogP contribution in [0.25, 0.3) is 0 Å². The molecular weight excluding hydrogens is 288 g/mol. The summed E-state index contributed by atoms with van der Waals surface area (Å²) in [6.45, 7) is 10.6. The Labute approximate surface area is 131 Å². The first-order valence-corrected chi connectivity index (χ1v) is 6.94. The van der Waals surface area contributed by atoms with E-state index in [2.05, 4.69) is 13.2 Å². The Morgan fingerprint density at radius 1 is 1.05 bits per heavy atom. The number of aliphatic carboxylic acids is 1. The molecule has 0 bridgehead atoms. The van der Waals surface area contributed by atoms with E-state index >= 15 is 0 Å². The van der Waals surface area contributed by atoms with Gasteiger partial charge in [-0.05, 0) is 6.42 Å². The lowest BCUT2D eigenvalue weighted by atomic mass is 9.88. The van der Waals surface area contributed by atoms with Crippen LogP contribution < -0.4 is 0 Å². The van der Waals surface area contributed by atoms with Crippen molar-refractivity contribution in [3.8, 4) is 0 Å². The number of esters is 1. The summed E-state index contributed by atoms with van der Waals surface area (Å²) in [5.74, 6) is -1.92. The monoisotopic (exact) mass is 312 g/mol. The van der Waals surface area contributed by atoms with E-state index < -0.39 is 17.4 Å². The molecule has 0 atom stereocenters. The molecule has 0 aliphatic rings. The van der Waals surface area contributed by atoms with Gasteiger partial charge in [-0.1, -0.05) is 19.1 Å². The van der Waals surface area contributed by atoms with Crippen LogP contribution in [0.3, 0.4) is 0 Å². The van der Waals surface area contributed by atoms with Gasteiger partial charge in [0.1, 0.15) is 6.61 Å². The maximum Gasteiger partial charge on any atom is 0.331 e. The minimum atomic E-state index is -1.21. The molecular formula is C16H24O6. The second-order valence-electron chi connectivity index (χ2n) is 4.74. The highest BCUT2D eigenvalue weighted by molar-refractivity contribution is 5.90. The second kappa shape index (κ2) is 11.7. The van der Waals surface area contributed by atoms with Crippen molar-refractivity contribution in [3.05, 3.63) is 37.5 Å². The summed E-state index contributed by atoms with van der Waals surface area (Å²) in [6, 6.07) is 0. The molecule has 0 rings (SSSR count). The number of carboxylic acid groups (broad SMARTS) is 1. The van der Waals surface area contributed by atoms with Crippen LogP contribution in [-0.4, -0.2) is 50.1 Å². The van der Waals surface area contributed by atoms with Crippen LogP contribution in [0.15, 0.2) is 37.5 Å². The maximum atomic E-state index is 11.5.